The van der Waals surface area contributed by atoms with Gasteiger partial charge in [-0.05, 0) is 19.2 Å². The molecule has 2 atom stereocenters. The molecule has 116 valence electrons. The minimum atomic E-state index is -0.628. The predicted molar refractivity (Wildman–Crippen MR) is 74.9 cm³/mol. The van der Waals surface area contributed by atoms with Gasteiger partial charge in [0.1, 0.15) is 6.04 Å². The van der Waals surface area contributed by atoms with E-state index in [9.17, 15) is 14.4 Å². The highest BCUT2D eigenvalue weighted by Crippen LogP contribution is 2.25. The van der Waals surface area contributed by atoms with Gasteiger partial charge in [-0.2, -0.15) is 0 Å². The minimum absolute atomic E-state index is 0.0651. The fourth-order valence-corrected chi connectivity index (χ4v) is 2.80. The summed E-state index contributed by atoms with van der Waals surface area (Å²) in [6.45, 7) is 0.596. The van der Waals surface area contributed by atoms with Crippen LogP contribution in [-0.4, -0.2) is 60.6 Å². The van der Waals surface area contributed by atoms with Gasteiger partial charge in [0.2, 0.25) is 0 Å². The number of fused-ring (bicyclic) bond motifs is 1. The lowest BCUT2D eigenvalue weighted by Gasteiger charge is -2.19. The first-order valence-electron chi connectivity index (χ1n) is 6.95. The number of hydrogen-bond acceptors (Lipinski definition) is 6. The van der Waals surface area contributed by atoms with Crippen LogP contribution in [0.2, 0.25) is 0 Å². The van der Waals surface area contributed by atoms with Gasteiger partial charge in [0, 0.05) is 20.1 Å². The Morgan fingerprint density at radius 1 is 1.18 bits per heavy atom. The number of nitrogens with zero attached hydrogens (tertiary/aromatic N) is 2. The Kier molecular flexibility index (Phi) is 3.67. The van der Waals surface area contributed by atoms with Crippen molar-refractivity contribution in [1.82, 2.24) is 9.96 Å². The third-order valence-corrected chi connectivity index (χ3v) is 4.05. The second kappa shape index (κ2) is 5.51. The number of imide groups is 1. The van der Waals surface area contributed by atoms with Crippen LogP contribution in [0.1, 0.15) is 27.1 Å². The van der Waals surface area contributed by atoms with Crippen molar-refractivity contribution in [3.8, 4) is 0 Å². The quantitative estimate of drug-likeness (QED) is 0.755. The lowest BCUT2D eigenvalue weighted by molar-refractivity contribution is -0.173. The molecule has 7 heteroatoms. The average molecular weight is 304 g/mol. The van der Waals surface area contributed by atoms with Crippen LogP contribution in [0.4, 0.5) is 0 Å². The second-order valence-electron chi connectivity index (χ2n) is 5.41. The van der Waals surface area contributed by atoms with E-state index in [2.05, 4.69) is 0 Å². The highest BCUT2D eigenvalue weighted by atomic mass is 16.7. The molecule has 0 bridgehead atoms. The first kappa shape index (κ1) is 14.7. The molecule has 2 aliphatic rings. The van der Waals surface area contributed by atoms with Crippen LogP contribution in [0, 0.1) is 0 Å². The van der Waals surface area contributed by atoms with Crippen molar-refractivity contribution in [2.45, 2.75) is 18.6 Å². The molecule has 0 saturated carbocycles. The van der Waals surface area contributed by atoms with Gasteiger partial charge >= 0.3 is 5.97 Å². The summed E-state index contributed by atoms with van der Waals surface area (Å²) in [7, 11) is 3.35. The summed E-state index contributed by atoms with van der Waals surface area (Å²) >= 11 is 0. The monoisotopic (exact) mass is 304 g/mol. The van der Waals surface area contributed by atoms with E-state index >= 15 is 0 Å². The standard InChI is InChI=1S/C15H16N2O5/c1-16-8-9(21-2)7-12(16)15(20)22-17-13(18)10-5-3-4-6-11(10)14(17)19/h3-6,9,12H,7-8H2,1-2H3/t9-,12-/m0/s1. The van der Waals surface area contributed by atoms with E-state index in [1.807, 2.05) is 0 Å². The zero-order valence-corrected chi connectivity index (χ0v) is 12.3. The Labute approximate surface area is 127 Å². The molecule has 22 heavy (non-hydrogen) atoms. The largest absolute Gasteiger partial charge is 0.380 e. The molecule has 0 aromatic heterocycles. The van der Waals surface area contributed by atoms with Gasteiger partial charge in [0.25, 0.3) is 11.8 Å². The first-order chi connectivity index (χ1) is 10.5. The van der Waals surface area contributed by atoms with Gasteiger partial charge in [-0.3, -0.25) is 14.5 Å². The van der Waals surface area contributed by atoms with Crippen LogP contribution < -0.4 is 0 Å². The van der Waals surface area contributed by atoms with Crippen molar-refractivity contribution in [3.63, 3.8) is 0 Å². The summed E-state index contributed by atoms with van der Waals surface area (Å²) in [4.78, 5) is 43.4. The van der Waals surface area contributed by atoms with Crippen LogP contribution in [0.15, 0.2) is 24.3 Å². The molecular formula is C15H16N2O5. The Balaban J connectivity index is 1.74. The van der Waals surface area contributed by atoms with Crippen molar-refractivity contribution in [2.75, 3.05) is 20.7 Å². The van der Waals surface area contributed by atoms with Gasteiger partial charge in [-0.15, -0.1) is 0 Å². The molecule has 0 aliphatic carbocycles. The van der Waals surface area contributed by atoms with E-state index in [1.165, 1.54) is 12.1 Å². The second-order valence-corrected chi connectivity index (χ2v) is 5.41. The molecule has 1 aromatic carbocycles. The van der Waals surface area contributed by atoms with E-state index in [0.717, 1.165) is 0 Å². The number of likely N-dealkylation sites (N-methyl/N-ethyl adjacent to an activating group) is 1. The Hall–Kier alpha value is -2.25. The maximum atomic E-state index is 12.2. The molecule has 0 N–H and O–H groups in total. The number of benzene rings is 1. The normalized spacial score (nSPS) is 24.7. The van der Waals surface area contributed by atoms with Crippen molar-refractivity contribution in [1.29, 1.82) is 0 Å². The molecule has 2 aliphatic heterocycles. The Morgan fingerprint density at radius 2 is 1.77 bits per heavy atom. The summed E-state index contributed by atoms with van der Waals surface area (Å²) in [6, 6.07) is 5.85. The summed E-state index contributed by atoms with van der Waals surface area (Å²) in [5.74, 6) is -1.85. The van der Waals surface area contributed by atoms with Crippen molar-refractivity contribution in [3.05, 3.63) is 35.4 Å². The van der Waals surface area contributed by atoms with Crippen molar-refractivity contribution < 1.29 is 24.0 Å². The zero-order valence-electron chi connectivity index (χ0n) is 12.3. The number of hydroxylamine groups is 2. The number of amides is 2. The SMILES string of the molecule is CO[C@H]1C[C@@H](C(=O)ON2C(=O)c3ccccc3C2=O)N(C)C1. The van der Waals surface area contributed by atoms with E-state index < -0.39 is 23.8 Å². The number of rotatable bonds is 3. The smallest absolute Gasteiger partial charge is 0.350 e. The third-order valence-electron chi connectivity index (χ3n) is 4.05. The van der Waals surface area contributed by atoms with Crippen LogP contribution in [-0.2, 0) is 14.4 Å². The maximum Gasteiger partial charge on any atom is 0.350 e. The number of ether oxygens (including phenoxy) is 1. The highest BCUT2D eigenvalue weighted by Gasteiger charge is 2.42. The van der Waals surface area contributed by atoms with Gasteiger partial charge in [0.15, 0.2) is 0 Å². The number of carbonyl (C=O) groups is 3. The molecule has 0 unspecified atom stereocenters. The van der Waals surface area contributed by atoms with Gasteiger partial charge in [-0.1, -0.05) is 17.2 Å². The number of hydrogen-bond donors (Lipinski definition) is 0. The lowest BCUT2D eigenvalue weighted by Crippen LogP contribution is -2.41. The molecule has 0 radical (unpaired) electrons. The third kappa shape index (κ3) is 2.28. The van der Waals surface area contributed by atoms with Gasteiger partial charge in [0.05, 0.1) is 17.2 Å². The fourth-order valence-electron chi connectivity index (χ4n) is 2.80. The molecular weight excluding hydrogens is 288 g/mol. The van der Waals surface area contributed by atoms with Crippen LogP contribution in [0.5, 0.6) is 0 Å². The van der Waals surface area contributed by atoms with Crippen molar-refractivity contribution in [2.24, 2.45) is 0 Å². The number of likely N-dealkylation sites (tertiary alicyclic amines) is 1. The molecule has 1 aromatic rings. The summed E-state index contributed by atoms with van der Waals surface area (Å²) in [5, 5.41) is 0.543. The van der Waals surface area contributed by atoms with E-state index in [0.29, 0.717) is 18.0 Å². The molecule has 3 rings (SSSR count). The summed E-state index contributed by atoms with van der Waals surface area (Å²) < 4.78 is 5.23. The lowest BCUT2D eigenvalue weighted by atomic mass is 10.1. The number of carbonyl (C=O) groups excluding carboxylic acids is 3. The van der Waals surface area contributed by atoms with E-state index in [4.69, 9.17) is 9.57 Å². The van der Waals surface area contributed by atoms with E-state index in [1.54, 1.807) is 31.2 Å². The Morgan fingerprint density at radius 3 is 2.27 bits per heavy atom. The average Bonchev–Trinajstić information content (AvgIpc) is 3.01. The topological polar surface area (TPSA) is 76.1 Å². The molecule has 0 spiro atoms. The van der Waals surface area contributed by atoms with Gasteiger partial charge < -0.3 is 9.57 Å². The summed E-state index contributed by atoms with van der Waals surface area (Å²) in [6.07, 6.45) is 0.402. The molecule has 7 nitrogen and oxygen atoms in total. The van der Waals surface area contributed by atoms with Crippen LogP contribution >= 0.6 is 0 Å². The minimum Gasteiger partial charge on any atom is -0.380 e. The maximum absolute atomic E-state index is 12.2. The van der Waals surface area contributed by atoms with Crippen LogP contribution in [0.25, 0.3) is 0 Å². The fraction of sp³-hybridized carbons (Fsp3) is 0.400. The van der Waals surface area contributed by atoms with Crippen LogP contribution in [0.3, 0.4) is 0 Å². The number of methoxy groups -OCH3 is 1. The molecule has 2 amide bonds. The Bertz CT molecular complexity index is 610. The zero-order chi connectivity index (χ0) is 15.9. The predicted octanol–water partition coefficient (Wildman–Crippen LogP) is 0.460. The molecule has 1 fully saturated rings. The molecule has 2 heterocycles. The first-order valence-corrected chi connectivity index (χ1v) is 6.95. The van der Waals surface area contributed by atoms with E-state index in [-0.39, 0.29) is 17.2 Å². The molecule has 1 saturated heterocycles. The summed E-state index contributed by atoms with van der Waals surface area (Å²) in [5.41, 5.74) is 0.490. The van der Waals surface area contributed by atoms with Gasteiger partial charge in [-0.25, -0.2) is 4.79 Å². The van der Waals surface area contributed by atoms with Crippen molar-refractivity contribution >= 4 is 17.8 Å². The highest BCUT2D eigenvalue weighted by molar-refractivity contribution is 6.20.